The lowest BCUT2D eigenvalue weighted by Crippen LogP contribution is -2.61. The predicted molar refractivity (Wildman–Crippen MR) is 497 cm³/mol. The maximum Gasteiger partial charge on any atom is 0.252 e. The van der Waals surface area contributed by atoms with Crippen LogP contribution in [0.5, 0.6) is 0 Å². The molecular formula is C110H108BN3. The minimum Gasteiger partial charge on any atom is -0.310 e. The molecule has 0 N–H and O–H groups in total. The standard InChI is InChI=1S/C110H108BN3/c1-104(2,3)75-45-50-93-88(57-75)89-58-76(105(4,5)6)46-51-94(89)112(93)82-47-48-91-96(66-82)114(103-86(69-38-30-24-31-39-69)61-80(109(16,17)18)62-87(103)70-40-32-25-33-41-70)98-65-81(110(19,20)21)64-97-101(98)111(91)92-56-71(83-55-74-54-77(106(7,8)9)52-72-42-43-73-53-78(107(10,11)12)63-90(83)100(73)99(72)74)44-49-95(92)113(97)102-84(67-34-26-22-27-35-67)59-79(108(13,14)15)60-85(102)68-36-28-23-29-37-68/h22-66H,1-21H3. The summed E-state index contributed by atoms with van der Waals surface area (Å²) in [5.41, 5.74) is 34.1. The second-order valence-electron chi connectivity index (χ2n) is 40.3. The van der Waals surface area contributed by atoms with Crippen LogP contribution in [0.3, 0.4) is 0 Å². The molecule has 0 saturated heterocycles. The molecule has 3 nitrogen and oxygen atoms in total. The van der Waals surface area contributed by atoms with Gasteiger partial charge in [0.15, 0.2) is 0 Å². The highest BCUT2D eigenvalue weighted by atomic mass is 15.2. The fraction of sp³-hybridized carbons (Fsp3) is 0.255. The van der Waals surface area contributed by atoms with Crippen LogP contribution in [0.2, 0.25) is 0 Å². The summed E-state index contributed by atoms with van der Waals surface area (Å²) in [7, 11) is 0. The molecule has 0 spiro atoms. The molecule has 2 aliphatic rings. The Morgan fingerprint density at radius 3 is 1.02 bits per heavy atom. The highest BCUT2D eigenvalue weighted by Crippen LogP contribution is 2.57. The molecule has 566 valence electrons. The van der Waals surface area contributed by atoms with E-state index < -0.39 is 0 Å². The van der Waals surface area contributed by atoms with Crippen LogP contribution in [0.1, 0.15) is 184 Å². The average Bonchev–Trinajstić information content (AvgIpc) is 0.702. The van der Waals surface area contributed by atoms with E-state index in [0.717, 1.165) is 39.6 Å². The van der Waals surface area contributed by atoms with Crippen LogP contribution in [0.15, 0.2) is 273 Å². The van der Waals surface area contributed by atoms with Gasteiger partial charge < -0.3 is 14.4 Å². The summed E-state index contributed by atoms with van der Waals surface area (Å²) in [4.78, 5) is 5.53. The monoisotopic (exact) mass is 1480 g/mol. The van der Waals surface area contributed by atoms with Gasteiger partial charge in [-0.2, -0.15) is 0 Å². The van der Waals surface area contributed by atoms with Gasteiger partial charge in [0.2, 0.25) is 0 Å². The first-order chi connectivity index (χ1) is 53.9. The van der Waals surface area contributed by atoms with Gasteiger partial charge in [0, 0.05) is 61.5 Å². The fourth-order valence-electron chi connectivity index (χ4n) is 18.4. The lowest BCUT2D eigenvalue weighted by molar-refractivity contribution is 0.590. The second-order valence-corrected chi connectivity index (χ2v) is 40.3. The van der Waals surface area contributed by atoms with E-state index in [9.17, 15) is 0 Å². The molecule has 18 rings (SSSR count). The molecule has 0 fully saturated rings. The van der Waals surface area contributed by atoms with E-state index in [1.165, 1.54) is 165 Å². The molecule has 3 heterocycles. The first-order valence-electron chi connectivity index (χ1n) is 41.5. The summed E-state index contributed by atoms with van der Waals surface area (Å²) >= 11 is 0. The van der Waals surface area contributed by atoms with E-state index in [2.05, 4.69) is 433 Å². The molecular weight excluding hydrogens is 1370 g/mol. The van der Waals surface area contributed by atoms with Crippen LogP contribution in [0, 0.1) is 0 Å². The van der Waals surface area contributed by atoms with Crippen LogP contribution in [0.25, 0.3) is 115 Å². The number of aromatic nitrogens is 1. The molecule has 4 heteroatoms. The van der Waals surface area contributed by atoms with E-state index in [4.69, 9.17) is 0 Å². The summed E-state index contributed by atoms with van der Waals surface area (Å²) in [6, 6.07) is 108. The van der Waals surface area contributed by atoms with Gasteiger partial charge in [0.1, 0.15) is 0 Å². The quantitative estimate of drug-likeness (QED) is 0.111. The van der Waals surface area contributed by atoms with Crippen molar-refractivity contribution in [3.63, 3.8) is 0 Å². The summed E-state index contributed by atoms with van der Waals surface area (Å²) in [6.07, 6.45) is 0. The third kappa shape index (κ3) is 12.5. The molecule has 0 atom stereocenters. The minimum absolute atomic E-state index is 0.0669. The van der Waals surface area contributed by atoms with Gasteiger partial charge in [0.05, 0.1) is 22.4 Å². The summed E-state index contributed by atoms with van der Waals surface area (Å²) in [5, 5.41) is 10.3. The average molecular weight is 1480 g/mol. The lowest BCUT2D eigenvalue weighted by Gasteiger charge is -2.47. The molecule has 1 aromatic heterocycles. The van der Waals surface area contributed by atoms with Crippen LogP contribution in [-0.2, 0) is 37.9 Å². The molecule has 0 unspecified atom stereocenters. The first-order valence-corrected chi connectivity index (χ1v) is 41.5. The van der Waals surface area contributed by atoms with Gasteiger partial charge in [-0.1, -0.05) is 327 Å². The Bertz CT molecular complexity index is 6350. The maximum atomic E-state index is 2.78. The number of hydrogen-bond acceptors (Lipinski definition) is 2. The largest absolute Gasteiger partial charge is 0.310 e. The molecule has 0 saturated carbocycles. The van der Waals surface area contributed by atoms with E-state index in [1.807, 2.05) is 0 Å². The fourth-order valence-corrected chi connectivity index (χ4v) is 18.4. The molecule has 0 radical (unpaired) electrons. The Kier molecular flexibility index (Phi) is 17.0. The van der Waals surface area contributed by atoms with Crippen molar-refractivity contribution >= 4 is 111 Å². The predicted octanol–water partition coefficient (Wildman–Crippen LogP) is 29.2. The van der Waals surface area contributed by atoms with Crippen LogP contribution in [0.4, 0.5) is 34.1 Å². The molecule has 2 aliphatic heterocycles. The van der Waals surface area contributed by atoms with Crippen molar-refractivity contribution in [2.75, 3.05) is 9.80 Å². The van der Waals surface area contributed by atoms with Gasteiger partial charge in [0.25, 0.3) is 6.71 Å². The third-order valence-corrected chi connectivity index (χ3v) is 25.1. The zero-order chi connectivity index (χ0) is 80.0. The Hall–Kier alpha value is -11.2. The van der Waals surface area contributed by atoms with Crippen molar-refractivity contribution in [2.45, 2.75) is 183 Å². The van der Waals surface area contributed by atoms with E-state index in [-0.39, 0.29) is 44.6 Å². The van der Waals surface area contributed by atoms with E-state index in [1.54, 1.807) is 0 Å². The van der Waals surface area contributed by atoms with Crippen molar-refractivity contribution in [1.29, 1.82) is 0 Å². The summed E-state index contributed by atoms with van der Waals surface area (Å²) < 4.78 is 2.59. The minimum atomic E-state index is -0.334. The summed E-state index contributed by atoms with van der Waals surface area (Å²) in [6.45, 7) is 49.5. The molecule has 16 aromatic rings. The number of anilines is 6. The van der Waals surface area contributed by atoms with Gasteiger partial charge in [-0.25, -0.2) is 0 Å². The Balaban J connectivity index is 1.05. The van der Waals surface area contributed by atoms with Crippen molar-refractivity contribution in [1.82, 2.24) is 4.57 Å². The lowest BCUT2D eigenvalue weighted by atomic mass is 9.33. The van der Waals surface area contributed by atoms with Gasteiger partial charge in [-0.05, 0) is 250 Å². The topological polar surface area (TPSA) is 11.4 Å². The number of fused-ring (bicyclic) bond motifs is 7. The smallest absolute Gasteiger partial charge is 0.252 e. The highest BCUT2D eigenvalue weighted by Gasteiger charge is 2.47. The van der Waals surface area contributed by atoms with Crippen LogP contribution < -0.4 is 26.2 Å². The Labute approximate surface area is 677 Å². The van der Waals surface area contributed by atoms with Gasteiger partial charge in [-0.3, -0.25) is 0 Å². The molecule has 0 amide bonds. The van der Waals surface area contributed by atoms with Crippen LogP contribution in [-0.4, -0.2) is 11.3 Å². The van der Waals surface area contributed by atoms with Crippen molar-refractivity contribution < 1.29 is 0 Å². The normalized spacial score (nSPS) is 13.6. The SMILES string of the molecule is CC(C)(C)c1cc(-c2ccccc2)c(N2c3ccc(-c4cc5cc(C(C)(C)C)cc6ccc7cc(C(C)(C)C)cc4c7c65)cc3B3c4ccc(-n5c6ccc(C(C)(C)C)cc6c6cc(C(C)(C)C)ccc65)cc4N(c4c(-c5ccccc5)cc(C(C)(C)C)cc4-c4ccccc4)c4cc(C(C)(C)C)cc2c43)c(-c2ccccc2)c1. The first kappa shape index (κ1) is 74.2. The molecule has 114 heavy (non-hydrogen) atoms. The van der Waals surface area contributed by atoms with E-state index in [0.29, 0.717) is 0 Å². The molecule has 0 bridgehead atoms. The summed E-state index contributed by atoms with van der Waals surface area (Å²) in [5.74, 6) is 0. The zero-order valence-electron chi connectivity index (χ0n) is 70.9. The molecule has 15 aromatic carbocycles. The van der Waals surface area contributed by atoms with Crippen molar-refractivity contribution in [3.8, 4) is 61.3 Å². The van der Waals surface area contributed by atoms with E-state index >= 15 is 0 Å². The second kappa shape index (κ2) is 26.2. The zero-order valence-corrected chi connectivity index (χ0v) is 70.9. The Morgan fingerprint density at radius 2 is 0.596 bits per heavy atom. The van der Waals surface area contributed by atoms with Gasteiger partial charge >= 0.3 is 0 Å². The highest BCUT2D eigenvalue weighted by molar-refractivity contribution is 7.00. The van der Waals surface area contributed by atoms with Crippen molar-refractivity contribution in [3.05, 3.63) is 312 Å². The number of rotatable bonds is 8. The number of nitrogens with zero attached hydrogens (tertiary/aromatic N) is 3. The van der Waals surface area contributed by atoms with Crippen molar-refractivity contribution in [2.24, 2.45) is 0 Å². The third-order valence-electron chi connectivity index (χ3n) is 25.1. The van der Waals surface area contributed by atoms with Crippen LogP contribution >= 0.6 is 0 Å². The number of hydrogen-bond donors (Lipinski definition) is 0. The van der Waals surface area contributed by atoms with Gasteiger partial charge in [-0.15, -0.1) is 0 Å². The number of benzene rings is 15. The Morgan fingerprint density at radius 1 is 0.228 bits per heavy atom. The molecule has 0 aliphatic carbocycles. The maximum absolute atomic E-state index is 2.78.